The normalized spacial score (nSPS) is 10.8. The molecule has 16 heavy (non-hydrogen) atoms. The number of thiophene rings is 1. The average molecular weight is 227 g/mol. The summed E-state index contributed by atoms with van der Waals surface area (Å²) in [5.41, 5.74) is 2.88. The predicted molar refractivity (Wildman–Crippen MR) is 66.7 cm³/mol. The van der Waals surface area contributed by atoms with Crippen LogP contribution in [0.2, 0.25) is 0 Å². The van der Waals surface area contributed by atoms with Crippen molar-refractivity contribution in [3.63, 3.8) is 0 Å². The van der Waals surface area contributed by atoms with Crippen molar-refractivity contribution in [1.82, 2.24) is 4.98 Å². The van der Waals surface area contributed by atoms with E-state index in [2.05, 4.69) is 4.98 Å². The lowest BCUT2D eigenvalue weighted by Crippen LogP contribution is -1.80. The monoisotopic (exact) mass is 227 g/mol. The molecule has 0 fully saturated rings. The minimum Gasteiger partial charge on any atom is -0.507 e. The van der Waals surface area contributed by atoms with Crippen LogP contribution in [-0.4, -0.2) is 10.1 Å². The SMILES string of the molecule is Oc1ccccc1-c1ccnc2ccsc12. The first-order valence-corrected chi connectivity index (χ1v) is 5.85. The van der Waals surface area contributed by atoms with Crippen molar-refractivity contribution < 1.29 is 5.11 Å². The smallest absolute Gasteiger partial charge is 0.123 e. The van der Waals surface area contributed by atoms with Gasteiger partial charge < -0.3 is 5.11 Å². The lowest BCUT2D eigenvalue weighted by molar-refractivity contribution is 0.477. The molecule has 0 aliphatic heterocycles. The van der Waals surface area contributed by atoms with Gasteiger partial charge in [-0.2, -0.15) is 0 Å². The van der Waals surface area contributed by atoms with E-state index in [-0.39, 0.29) is 0 Å². The molecule has 0 spiro atoms. The fourth-order valence-corrected chi connectivity index (χ4v) is 2.67. The highest BCUT2D eigenvalue weighted by molar-refractivity contribution is 7.17. The molecule has 2 aromatic heterocycles. The van der Waals surface area contributed by atoms with Gasteiger partial charge in [0.1, 0.15) is 5.75 Å². The number of nitrogens with zero attached hydrogens (tertiary/aromatic N) is 1. The van der Waals surface area contributed by atoms with Crippen LogP contribution in [0.3, 0.4) is 0 Å². The predicted octanol–water partition coefficient (Wildman–Crippen LogP) is 3.67. The quantitative estimate of drug-likeness (QED) is 0.688. The van der Waals surface area contributed by atoms with Crippen LogP contribution >= 0.6 is 11.3 Å². The topological polar surface area (TPSA) is 33.1 Å². The van der Waals surface area contributed by atoms with E-state index < -0.39 is 0 Å². The van der Waals surface area contributed by atoms with E-state index in [1.54, 1.807) is 23.6 Å². The molecule has 3 aromatic rings. The van der Waals surface area contributed by atoms with Crippen LogP contribution in [0.5, 0.6) is 5.75 Å². The molecule has 0 bridgehead atoms. The van der Waals surface area contributed by atoms with Crippen molar-refractivity contribution in [2.75, 3.05) is 0 Å². The van der Waals surface area contributed by atoms with Gasteiger partial charge in [-0.1, -0.05) is 18.2 Å². The number of phenolic OH excluding ortho intramolecular Hbond substituents is 1. The summed E-state index contributed by atoms with van der Waals surface area (Å²) < 4.78 is 1.11. The molecule has 2 heterocycles. The maximum atomic E-state index is 9.85. The van der Waals surface area contributed by atoms with Crippen molar-refractivity contribution in [3.05, 3.63) is 48.0 Å². The minimum absolute atomic E-state index is 0.309. The molecular weight excluding hydrogens is 218 g/mol. The van der Waals surface area contributed by atoms with Gasteiger partial charge in [-0.25, -0.2) is 0 Å². The van der Waals surface area contributed by atoms with Crippen molar-refractivity contribution in [2.24, 2.45) is 0 Å². The fourth-order valence-electron chi connectivity index (χ4n) is 1.79. The number of aromatic hydroxyl groups is 1. The number of fused-ring (bicyclic) bond motifs is 1. The molecule has 3 rings (SSSR count). The van der Waals surface area contributed by atoms with Crippen LogP contribution < -0.4 is 0 Å². The Hall–Kier alpha value is -1.87. The van der Waals surface area contributed by atoms with Gasteiger partial charge in [0.25, 0.3) is 0 Å². The van der Waals surface area contributed by atoms with E-state index in [1.165, 1.54) is 0 Å². The Kier molecular flexibility index (Phi) is 2.11. The summed E-state index contributed by atoms with van der Waals surface area (Å²) in [4.78, 5) is 4.29. The maximum Gasteiger partial charge on any atom is 0.123 e. The number of hydrogen-bond donors (Lipinski definition) is 1. The van der Waals surface area contributed by atoms with E-state index in [0.29, 0.717) is 5.75 Å². The van der Waals surface area contributed by atoms with Gasteiger partial charge in [0, 0.05) is 17.3 Å². The lowest BCUT2D eigenvalue weighted by atomic mass is 10.1. The second-order valence-electron chi connectivity index (χ2n) is 3.51. The third-order valence-electron chi connectivity index (χ3n) is 2.54. The Morgan fingerprint density at radius 1 is 1.00 bits per heavy atom. The van der Waals surface area contributed by atoms with Gasteiger partial charge >= 0.3 is 0 Å². The van der Waals surface area contributed by atoms with Crippen LogP contribution in [0, 0.1) is 0 Å². The van der Waals surface area contributed by atoms with E-state index in [1.807, 2.05) is 35.7 Å². The van der Waals surface area contributed by atoms with E-state index in [9.17, 15) is 5.11 Å². The van der Waals surface area contributed by atoms with Gasteiger partial charge in [-0.05, 0) is 23.6 Å². The van der Waals surface area contributed by atoms with Gasteiger partial charge in [0.05, 0.1) is 10.2 Å². The number of para-hydroxylation sites is 1. The zero-order valence-corrected chi connectivity index (χ0v) is 9.24. The summed E-state index contributed by atoms with van der Waals surface area (Å²) in [5, 5.41) is 11.9. The summed E-state index contributed by atoms with van der Waals surface area (Å²) in [6.07, 6.45) is 1.77. The Morgan fingerprint density at radius 2 is 1.88 bits per heavy atom. The first-order valence-electron chi connectivity index (χ1n) is 4.97. The second-order valence-corrected chi connectivity index (χ2v) is 4.43. The van der Waals surface area contributed by atoms with Crippen molar-refractivity contribution >= 4 is 21.6 Å². The molecule has 0 saturated carbocycles. The average Bonchev–Trinajstić information content (AvgIpc) is 2.77. The Labute approximate surface area is 96.8 Å². The number of pyridine rings is 1. The van der Waals surface area contributed by atoms with Crippen molar-refractivity contribution in [2.45, 2.75) is 0 Å². The first-order chi connectivity index (χ1) is 7.86. The van der Waals surface area contributed by atoms with Gasteiger partial charge in [-0.15, -0.1) is 11.3 Å². The number of rotatable bonds is 1. The van der Waals surface area contributed by atoms with Gasteiger partial charge in [0.15, 0.2) is 0 Å². The second kappa shape index (κ2) is 3.61. The third-order valence-corrected chi connectivity index (χ3v) is 3.48. The number of hydrogen-bond acceptors (Lipinski definition) is 3. The Balaban J connectivity index is 2.34. The highest BCUT2D eigenvalue weighted by Gasteiger charge is 2.08. The summed E-state index contributed by atoms with van der Waals surface area (Å²) in [7, 11) is 0. The van der Waals surface area contributed by atoms with E-state index in [0.717, 1.165) is 21.3 Å². The number of aromatic nitrogens is 1. The molecule has 0 unspecified atom stereocenters. The highest BCUT2D eigenvalue weighted by Crippen LogP contribution is 2.35. The molecule has 0 atom stereocenters. The summed E-state index contributed by atoms with van der Waals surface area (Å²) in [6.45, 7) is 0. The van der Waals surface area contributed by atoms with Crippen molar-refractivity contribution in [3.8, 4) is 16.9 Å². The molecule has 0 radical (unpaired) electrons. The maximum absolute atomic E-state index is 9.85. The lowest BCUT2D eigenvalue weighted by Gasteiger charge is -2.04. The van der Waals surface area contributed by atoms with Crippen LogP contribution in [0.25, 0.3) is 21.3 Å². The zero-order chi connectivity index (χ0) is 11.0. The largest absolute Gasteiger partial charge is 0.507 e. The molecule has 2 nitrogen and oxygen atoms in total. The Morgan fingerprint density at radius 3 is 2.75 bits per heavy atom. The Bertz CT molecular complexity index is 645. The van der Waals surface area contributed by atoms with Crippen LogP contribution in [-0.2, 0) is 0 Å². The summed E-state index contributed by atoms with van der Waals surface area (Å²) >= 11 is 1.64. The molecule has 0 saturated heterocycles. The van der Waals surface area contributed by atoms with E-state index in [4.69, 9.17) is 0 Å². The number of phenols is 1. The van der Waals surface area contributed by atoms with Crippen LogP contribution in [0.15, 0.2) is 48.0 Å². The van der Waals surface area contributed by atoms with Gasteiger partial charge in [-0.3, -0.25) is 4.98 Å². The molecule has 1 aromatic carbocycles. The van der Waals surface area contributed by atoms with Crippen LogP contribution in [0.1, 0.15) is 0 Å². The molecular formula is C13H9NOS. The number of benzene rings is 1. The molecule has 0 aliphatic rings. The zero-order valence-electron chi connectivity index (χ0n) is 8.42. The van der Waals surface area contributed by atoms with Gasteiger partial charge in [0.2, 0.25) is 0 Å². The first kappa shape index (κ1) is 9.36. The molecule has 3 heteroatoms. The molecule has 1 N–H and O–H groups in total. The summed E-state index contributed by atoms with van der Waals surface area (Å²) in [6, 6.07) is 11.3. The molecule has 0 aliphatic carbocycles. The molecule has 0 amide bonds. The van der Waals surface area contributed by atoms with Crippen molar-refractivity contribution in [1.29, 1.82) is 0 Å². The van der Waals surface area contributed by atoms with E-state index >= 15 is 0 Å². The fraction of sp³-hybridized carbons (Fsp3) is 0. The molecule has 78 valence electrons. The van der Waals surface area contributed by atoms with Crippen LogP contribution in [0.4, 0.5) is 0 Å². The highest BCUT2D eigenvalue weighted by atomic mass is 32.1. The summed E-state index contributed by atoms with van der Waals surface area (Å²) in [5.74, 6) is 0.309. The standard InChI is InChI=1S/C13H9NOS/c15-12-4-2-1-3-9(12)10-5-7-14-11-6-8-16-13(10)11/h1-8,15H. The minimum atomic E-state index is 0.309. The third kappa shape index (κ3) is 1.37.